The number of aromatic nitrogens is 1. The number of rotatable bonds is 8. The summed E-state index contributed by atoms with van der Waals surface area (Å²) in [6.07, 6.45) is 0.553. The molecule has 1 aromatic heterocycles. The van der Waals surface area contributed by atoms with E-state index in [4.69, 9.17) is 33.3 Å². The normalized spacial score (nSPS) is 11.4. The van der Waals surface area contributed by atoms with E-state index in [0.717, 1.165) is 21.5 Å². The zero-order valence-electron chi connectivity index (χ0n) is 27.3. The topological polar surface area (TPSA) is 46.9 Å². The summed E-state index contributed by atoms with van der Waals surface area (Å²) < 4.78 is 14.2. The van der Waals surface area contributed by atoms with Gasteiger partial charge in [0.2, 0.25) is 0 Å². The smallest absolute Gasteiger partial charge is 0.311 e. The first-order chi connectivity index (χ1) is 19.9. The van der Waals surface area contributed by atoms with E-state index < -0.39 is 5.41 Å². The van der Waals surface area contributed by atoms with Crippen molar-refractivity contribution in [3.05, 3.63) is 59.3 Å². The van der Waals surface area contributed by atoms with Gasteiger partial charge in [0, 0.05) is 67.4 Å². The van der Waals surface area contributed by atoms with Crippen LogP contribution in [0, 0.1) is 12.3 Å². The molecule has 6 nitrogen and oxygen atoms in total. The number of benzene rings is 2. The van der Waals surface area contributed by atoms with Gasteiger partial charge < -0.3 is 23.8 Å². The van der Waals surface area contributed by atoms with Crippen molar-refractivity contribution in [1.82, 2.24) is 14.4 Å². The van der Waals surface area contributed by atoms with E-state index in [1.54, 1.807) is 23.9 Å². The summed E-state index contributed by atoms with van der Waals surface area (Å²) in [7, 11) is 7.34. The lowest BCUT2D eigenvalue weighted by Crippen LogP contribution is -2.30. The molecule has 0 aliphatic carbocycles. The van der Waals surface area contributed by atoms with Crippen LogP contribution in [0.3, 0.4) is 0 Å². The molecule has 1 heterocycles. The number of hydrogen-bond donors (Lipinski definition) is 0. The van der Waals surface area contributed by atoms with E-state index >= 15 is 0 Å². The minimum atomic E-state index is -0.686. The fraction of sp³-hybridized carbons (Fsp3) is 0.485. The third-order valence-electron chi connectivity index (χ3n) is 6.32. The predicted octanol–water partition coefficient (Wildman–Crippen LogP) is 8.32. The maximum atomic E-state index is 12.9. The van der Waals surface area contributed by atoms with Gasteiger partial charge in [-0.2, -0.15) is 0 Å². The first-order valence-electron chi connectivity index (χ1n) is 14.2. The Morgan fingerprint density at radius 3 is 2.05 bits per heavy atom. The molecule has 43 heavy (non-hydrogen) atoms. The molecule has 0 aliphatic rings. The number of carbonyl (C=O) groups is 1. The molecule has 0 spiro atoms. The molecular formula is C33H46ClN3O3S3. The molecule has 0 bridgehead atoms. The second-order valence-electron chi connectivity index (χ2n) is 12.4. The zero-order valence-corrected chi connectivity index (χ0v) is 30.5. The third kappa shape index (κ3) is 11.0. The number of carbonyl (C=O) groups excluding carboxylic acids is 1. The van der Waals surface area contributed by atoms with E-state index in [-0.39, 0.29) is 10.7 Å². The molecular weight excluding hydrogens is 618 g/mol. The molecule has 236 valence electrons. The number of hydrogen-bond acceptors (Lipinski definition) is 6. The van der Waals surface area contributed by atoms with Crippen LogP contribution in [0.1, 0.15) is 58.4 Å². The van der Waals surface area contributed by atoms with Gasteiger partial charge in [-0.25, -0.2) is 0 Å². The summed E-state index contributed by atoms with van der Waals surface area (Å²) in [6.45, 7) is 15.6. The van der Waals surface area contributed by atoms with Gasteiger partial charge in [0.15, 0.2) is 4.45 Å². The van der Waals surface area contributed by atoms with Crippen molar-refractivity contribution in [3.8, 4) is 5.75 Å². The van der Waals surface area contributed by atoms with Crippen LogP contribution >= 0.6 is 47.8 Å². The van der Waals surface area contributed by atoms with Crippen LogP contribution < -0.4 is 4.74 Å². The summed E-state index contributed by atoms with van der Waals surface area (Å²) in [5, 5.41) is 1.51. The van der Waals surface area contributed by atoms with Gasteiger partial charge in [-0.15, -0.1) is 11.8 Å². The molecule has 3 rings (SSSR count). The first-order valence-corrected chi connectivity index (χ1v) is 16.2. The predicted molar refractivity (Wildman–Crippen MR) is 191 cm³/mol. The minimum absolute atomic E-state index is 0.0401. The Bertz CT molecular complexity index is 1430. The summed E-state index contributed by atoms with van der Waals surface area (Å²) >= 11 is 17.0. The highest BCUT2D eigenvalue weighted by Gasteiger charge is 2.34. The lowest BCUT2D eigenvalue weighted by molar-refractivity contribution is -0.153. The van der Waals surface area contributed by atoms with Crippen LogP contribution in [0.2, 0.25) is 0 Å². The highest BCUT2D eigenvalue weighted by Crippen LogP contribution is 2.44. The van der Waals surface area contributed by atoms with Crippen molar-refractivity contribution in [2.75, 3.05) is 34.8 Å². The lowest BCUT2D eigenvalue weighted by atomic mass is 9.87. The highest BCUT2D eigenvalue weighted by atomic mass is 35.5. The van der Waals surface area contributed by atoms with Crippen molar-refractivity contribution in [2.45, 2.75) is 71.1 Å². The molecule has 0 fully saturated rings. The van der Waals surface area contributed by atoms with Crippen molar-refractivity contribution in [3.63, 3.8) is 0 Å². The van der Waals surface area contributed by atoms with Crippen LogP contribution in [0.4, 0.5) is 0 Å². The fourth-order valence-corrected chi connectivity index (χ4v) is 5.36. The van der Waals surface area contributed by atoms with E-state index in [1.165, 1.54) is 11.1 Å². The number of thiocarbonyl (C=S) groups is 2. The number of fused-ring (bicyclic) bond motifs is 1. The third-order valence-corrected chi connectivity index (χ3v) is 8.74. The zero-order chi connectivity index (χ0) is 32.7. The summed E-state index contributed by atoms with van der Waals surface area (Å²) in [4.78, 5) is 17.6. The number of nitrogens with zero attached hydrogens (tertiary/aromatic N) is 3. The average Bonchev–Trinajstić information content (AvgIpc) is 3.15. The van der Waals surface area contributed by atoms with E-state index in [0.29, 0.717) is 34.9 Å². The molecule has 10 heteroatoms. The molecule has 3 aromatic rings. The number of aryl methyl sites for hydroxylation is 1. The van der Waals surface area contributed by atoms with E-state index in [9.17, 15) is 4.79 Å². The van der Waals surface area contributed by atoms with Crippen LogP contribution in [0.15, 0.2) is 47.4 Å². The number of ether oxygens (including phenoxy) is 2. The molecule has 0 N–H and O–H groups in total. The maximum absolute atomic E-state index is 12.9. The standard InChI is InChI=1S/C30H40N2O3S2.C3H6ClNS/c1-10-34-27(33)30(6,7)18-25-26(37-29(3,4)5)23-17-22(35-28(36)31(8)9)15-16-24(23)32(25)19-21-13-11-20(2)12-14-21;1-5(2)3(4)6/h11-17H,10,18-19H2,1-9H3;1-2H3. The molecule has 0 atom stereocenters. The number of thioether (sulfide) groups is 1. The van der Waals surface area contributed by atoms with Crippen molar-refractivity contribution in [1.29, 1.82) is 0 Å². The van der Waals surface area contributed by atoms with Crippen molar-refractivity contribution >= 4 is 74.3 Å². The summed E-state index contributed by atoms with van der Waals surface area (Å²) in [5.74, 6) is 0.514. The van der Waals surface area contributed by atoms with Crippen LogP contribution in [0.5, 0.6) is 5.75 Å². The Hall–Kier alpha value is -2.33. The van der Waals surface area contributed by atoms with Gasteiger partial charge in [0.25, 0.3) is 5.17 Å². The largest absolute Gasteiger partial charge is 0.466 e. The van der Waals surface area contributed by atoms with E-state index in [2.05, 4.69) is 80.9 Å². The molecule has 0 amide bonds. The SMILES string of the molecule is CCOC(=O)C(C)(C)Cc1c(SC(C)(C)C)c2cc(OC(=S)N(C)C)ccc2n1Cc1ccc(C)cc1.CN(C)C(=S)Cl. The molecule has 0 radical (unpaired) electrons. The van der Waals surface area contributed by atoms with E-state index in [1.807, 2.05) is 52.7 Å². The summed E-state index contributed by atoms with van der Waals surface area (Å²) in [5.41, 5.74) is 3.98. The molecule has 0 saturated heterocycles. The highest BCUT2D eigenvalue weighted by molar-refractivity contribution is 8.00. The minimum Gasteiger partial charge on any atom is -0.466 e. The summed E-state index contributed by atoms with van der Waals surface area (Å²) in [6, 6.07) is 14.8. The van der Waals surface area contributed by atoms with Gasteiger partial charge in [-0.1, -0.05) is 62.2 Å². The fourth-order valence-electron chi connectivity index (χ4n) is 4.08. The Labute approximate surface area is 278 Å². The van der Waals surface area contributed by atoms with Crippen LogP contribution in [0.25, 0.3) is 10.9 Å². The Kier molecular flexibility index (Phi) is 13.4. The van der Waals surface area contributed by atoms with Crippen molar-refractivity contribution < 1.29 is 14.3 Å². The van der Waals surface area contributed by atoms with Gasteiger partial charge >= 0.3 is 5.97 Å². The van der Waals surface area contributed by atoms with Gasteiger partial charge in [0.05, 0.1) is 12.0 Å². The monoisotopic (exact) mass is 663 g/mol. The second-order valence-corrected chi connectivity index (χ2v) is 15.6. The molecule has 0 unspecified atom stereocenters. The number of esters is 1. The molecule has 0 aliphatic heterocycles. The van der Waals surface area contributed by atoms with Crippen LogP contribution in [-0.2, 0) is 22.5 Å². The second kappa shape index (κ2) is 15.6. The Balaban J connectivity index is 0.000000973. The van der Waals surface area contributed by atoms with Gasteiger partial charge in [0.1, 0.15) is 5.75 Å². The number of halogens is 1. The first kappa shape index (κ1) is 36.9. The Morgan fingerprint density at radius 2 is 1.56 bits per heavy atom. The van der Waals surface area contributed by atoms with Crippen LogP contribution in [-0.4, -0.2) is 69.5 Å². The molecule has 2 aromatic carbocycles. The average molecular weight is 664 g/mol. The quantitative estimate of drug-likeness (QED) is 0.0784. The Morgan fingerprint density at radius 1 is 0.977 bits per heavy atom. The van der Waals surface area contributed by atoms with Crippen molar-refractivity contribution in [2.24, 2.45) is 5.41 Å². The van der Waals surface area contributed by atoms with Gasteiger partial charge in [-0.05, 0) is 75.9 Å². The maximum Gasteiger partial charge on any atom is 0.311 e. The van der Waals surface area contributed by atoms with Gasteiger partial charge in [-0.3, -0.25) is 4.79 Å². The molecule has 0 saturated carbocycles. The lowest BCUT2D eigenvalue weighted by Gasteiger charge is -2.26.